The normalized spacial score (nSPS) is 15.2. The molecule has 1 aliphatic heterocycles. The summed E-state index contributed by atoms with van der Waals surface area (Å²) in [5.74, 6) is 2.65. The summed E-state index contributed by atoms with van der Waals surface area (Å²) in [5, 5.41) is 12.1. The van der Waals surface area contributed by atoms with Crippen molar-refractivity contribution in [3.8, 4) is 11.4 Å². The molecule has 2 N–H and O–H groups in total. The fourth-order valence-electron chi connectivity index (χ4n) is 4.53. The van der Waals surface area contributed by atoms with Gasteiger partial charge in [0.05, 0.1) is 17.1 Å². The van der Waals surface area contributed by atoms with Crippen LogP contribution >= 0.6 is 0 Å². The van der Waals surface area contributed by atoms with Gasteiger partial charge >= 0.3 is 0 Å². The lowest BCUT2D eigenvalue weighted by Gasteiger charge is -2.30. The molecule has 1 saturated heterocycles. The minimum atomic E-state index is 0.474. The fourth-order valence-corrected chi connectivity index (χ4v) is 4.53. The van der Waals surface area contributed by atoms with Gasteiger partial charge in [-0.3, -0.25) is 4.98 Å². The van der Waals surface area contributed by atoms with Crippen LogP contribution in [0.3, 0.4) is 0 Å². The largest absolute Gasteiger partial charge is 0.353 e. The topological polar surface area (TPSA) is 109 Å². The van der Waals surface area contributed by atoms with E-state index < -0.39 is 0 Å². The van der Waals surface area contributed by atoms with Crippen molar-refractivity contribution in [1.82, 2.24) is 39.9 Å². The second-order valence-electron chi connectivity index (χ2n) is 8.66. The minimum absolute atomic E-state index is 0.474. The lowest BCUT2D eigenvalue weighted by Crippen LogP contribution is -2.44. The number of nitrogens with one attached hydrogen (secondary N) is 2. The summed E-state index contributed by atoms with van der Waals surface area (Å²) in [7, 11) is 0. The molecule has 176 valence electrons. The first-order valence-electron chi connectivity index (χ1n) is 11.9. The van der Waals surface area contributed by atoms with Gasteiger partial charge in [-0.25, -0.2) is 19.5 Å². The molecule has 5 aromatic heterocycles. The molecule has 1 fully saturated rings. The third-order valence-electron chi connectivity index (χ3n) is 6.37. The smallest absolute Gasteiger partial charge is 0.248 e. The van der Waals surface area contributed by atoms with Crippen molar-refractivity contribution in [1.29, 1.82) is 0 Å². The van der Waals surface area contributed by atoms with E-state index in [1.54, 1.807) is 10.7 Å². The zero-order valence-corrected chi connectivity index (χ0v) is 19.3. The Hall–Kier alpha value is -4.70. The number of pyridine rings is 3. The van der Waals surface area contributed by atoms with Crippen LogP contribution in [-0.4, -0.2) is 60.7 Å². The van der Waals surface area contributed by atoms with E-state index in [2.05, 4.69) is 47.7 Å². The van der Waals surface area contributed by atoms with E-state index in [1.807, 2.05) is 55.0 Å². The number of nitrogens with zero attached hydrogens (tertiary/aromatic N) is 8. The van der Waals surface area contributed by atoms with Crippen LogP contribution in [-0.2, 0) is 0 Å². The number of rotatable bonds is 5. The highest BCUT2D eigenvalue weighted by molar-refractivity contribution is 6.02. The Labute approximate surface area is 206 Å². The first kappa shape index (κ1) is 20.7. The molecule has 6 heterocycles. The molecule has 2 aliphatic rings. The Morgan fingerprint density at radius 1 is 1.00 bits per heavy atom. The number of allylic oxidation sites excluding steroid dienone is 4. The molecule has 0 bridgehead atoms. The number of fused-ring (bicyclic) bond motifs is 2. The second kappa shape index (κ2) is 8.51. The van der Waals surface area contributed by atoms with Crippen LogP contribution < -0.4 is 15.5 Å². The van der Waals surface area contributed by atoms with E-state index in [0.29, 0.717) is 17.6 Å². The number of anilines is 3. The molecule has 0 saturated carbocycles. The van der Waals surface area contributed by atoms with Crippen LogP contribution in [0.2, 0.25) is 0 Å². The quantitative estimate of drug-likeness (QED) is 0.397. The van der Waals surface area contributed by atoms with E-state index in [0.717, 1.165) is 65.2 Å². The van der Waals surface area contributed by atoms with Crippen molar-refractivity contribution in [2.75, 3.05) is 36.4 Å². The van der Waals surface area contributed by atoms with Gasteiger partial charge in [0.15, 0.2) is 11.5 Å². The molecule has 5 aromatic rings. The van der Waals surface area contributed by atoms with Crippen LogP contribution in [0.1, 0.15) is 5.56 Å². The summed E-state index contributed by atoms with van der Waals surface area (Å²) in [5.41, 5.74) is 4.64. The maximum atomic E-state index is 5.10. The molecule has 0 amide bonds. The molecular weight excluding hydrogens is 452 g/mol. The van der Waals surface area contributed by atoms with Gasteiger partial charge in [-0.2, -0.15) is 4.98 Å². The predicted octanol–water partition coefficient (Wildman–Crippen LogP) is 3.24. The van der Waals surface area contributed by atoms with Gasteiger partial charge in [0.2, 0.25) is 5.95 Å². The lowest BCUT2D eigenvalue weighted by molar-refractivity contribution is 0.586. The highest BCUT2D eigenvalue weighted by Crippen LogP contribution is 2.35. The van der Waals surface area contributed by atoms with Crippen molar-refractivity contribution in [3.05, 3.63) is 78.9 Å². The maximum absolute atomic E-state index is 5.10. The Bertz CT molecular complexity index is 1630. The average Bonchev–Trinajstić information content (AvgIpc) is 3.30. The van der Waals surface area contributed by atoms with Gasteiger partial charge < -0.3 is 15.5 Å². The van der Waals surface area contributed by atoms with Gasteiger partial charge in [-0.05, 0) is 29.8 Å². The van der Waals surface area contributed by atoms with Crippen LogP contribution in [0, 0.1) is 0 Å². The average molecular weight is 475 g/mol. The SMILES string of the molecule is C1=CC(c2cncc3nc(-c4ccnc(Nc5nc6ccccn6n5)c4)nc(N4CCNCC4)c23)=C1. The Balaban J connectivity index is 1.31. The molecule has 0 radical (unpaired) electrons. The standard InChI is InChI=1S/C26H22N10/c1-2-11-36-22(6-1)32-26(34-36)31-21-14-18(7-8-29-21)24-30-20-16-28-15-19(17-4-3-5-17)23(20)25(33-24)35-12-9-27-10-13-35/h1-8,11,14-16,27H,9-10,12-13H2,(H,29,31,34). The number of hydrogen-bond acceptors (Lipinski definition) is 9. The molecule has 0 atom stereocenters. The Morgan fingerprint density at radius 2 is 1.92 bits per heavy atom. The van der Waals surface area contributed by atoms with E-state index >= 15 is 0 Å². The van der Waals surface area contributed by atoms with Crippen molar-refractivity contribution < 1.29 is 0 Å². The maximum Gasteiger partial charge on any atom is 0.248 e. The monoisotopic (exact) mass is 474 g/mol. The Morgan fingerprint density at radius 3 is 2.75 bits per heavy atom. The Kier molecular flexibility index (Phi) is 4.88. The third-order valence-corrected chi connectivity index (χ3v) is 6.37. The van der Waals surface area contributed by atoms with Crippen molar-refractivity contribution in [2.45, 2.75) is 0 Å². The second-order valence-corrected chi connectivity index (χ2v) is 8.66. The molecule has 10 heteroatoms. The zero-order chi connectivity index (χ0) is 23.9. The number of aromatic nitrogens is 7. The van der Waals surface area contributed by atoms with Crippen molar-refractivity contribution in [3.63, 3.8) is 0 Å². The van der Waals surface area contributed by atoms with Crippen LogP contribution in [0.25, 0.3) is 33.5 Å². The molecule has 1 aliphatic carbocycles. The van der Waals surface area contributed by atoms with E-state index in [4.69, 9.17) is 9.97 Å². The van der Waals surface area contributed by atoms with E-state index in [1.165, 1.54) is 0 Å². The summed E-state index contributed by atoms with van der Waals surface area (Å²) in [4.78, 5) is 25.8. The van der Waals surface area contributed by atoms with Gasteiger partial charge in [-0.15, -0.1) is 5.10 Å². The van der Waals surface area contributed by atoms with Crippen LogP contribution in [0.4, 0.5) is 17.6 Å². The first-order valence-corrected chi connectivity index (χ1v) is 11.9. The highest BCUT2D eigenvalue weighted by Gasteiger charge is 2.21. The van der Waals surface area contributed by atoms with Gasteiger partial charge in [0, 0.05) is 55.9 Å². The zero-order valence-electron chi connectivity index (χ0n) is 19.3. The number of piperazine rings is 1. The fraction of sp³-hybridized carbons (Fsp3) is 0.154. The summed E-state index contributed by atoms with van der Waals surface area (Å²) in [6, 6.07) is 9.58. The molecule has 36 heavy (non-hydrogen) atoms. The molecule has 0 unspecified atom stereocenters. The van der Waals surface area contributed by atoms with Gasteiger partial charge in [0.25, 0.3) is 0 Å². The summed E-state index contributed by atoms with van der Waals surface area (Å²) in [6.07, 6.45) is 13.6. The van der Waals surface area contributed by atoms with Crippen LogP contribution in [0.5, 0.6) is 0 Å². The number of hydrogen-bond donors (Lipinski definition) is 2. The summed E-state index contributed by atoms with van der Waals surface area (Å²) >= 11 is 0. The molecule has 0 aromatic carbocycles. The molecular formula is C26H22N10. The van der Waals surface area contributed by atoms with E-state index in [-0.39, 0.29) is 0 Å². The highest BCUT2D eigenvalue weighted by atomic mass is 15.3. The van der Waals surface area contributed by atoms with Gasteiger partial charge in [0.1, 0.15) is 11.6 Å². The molecule has 10 nitrogen and oxygen atoms in total. The van der Waals surface area contributed by atoms with Crippen molar-refractivity contribution in [2.24, 2.45) is 0 Å². The minimum Gasteiger partial charge on any atom is -0.353 e. The van der Waals surface area contributed by atoms with Gasteiger partial charge in [-0.1, -0.05) is 24.3 Å². The predicted molar refractivity (Wildman–Crippen MR) is 139 cm³/mol. The summed E-state index contributed by atoms with van der Waals surface area (Å²) < 4.78 is 1.72. The molecule has 7 rings (SSSR count). The van der Waals surface area contributed by atoms with Crippen LogP contribution in [0.15, 0.2) is 73.3 Å². The summed E-state index contributed by atoms with van der Waals surface area (Å²) in [6.45, 7) is 3.59. The third kappa shape index (κ3) is 3.64. The van der Waals surface area contributed by atoms with Crippen molar-refractivity contribution >= 4 is 39.7 Å². The van der Waals surface area contributed by atoms with E-state index in [9.17, 15) is 0 Å². The lowest BCUT2D eigenvalue weighted by atomic mass is 9.97. The molecule has 0 spiro atoms. The first-order chi connectivity index (χ1) is 17.8.